The fourth-order valence-electron chi connectivity index (χ4n) is 3.56. The van der Waals surface area contributed by atoms with Crippen molar-refractivity contribution in [1.82, 2.24) is 5.32 Å². The molecule has 0 aromatic heterocycles. The first-order valence-electron chi connectivity index (χ1n) is 9.98. The first-order valence-corrected chi connectivity index (χ1v) is 9.98. The summed E-state index contributed by atoms with van der Waals surface area (Å²) in [5, 5.41) is 3.58. The molecule has 0 bridgehead atoms. The number of rotatable bonds is 6. The monoisotopic (exact) mass is 359 g/mol. The van der Waals surface area contributed by atoms with Gasteiger partial charge in [-0.05, 0) is 25.3 Å². The van der Waals surface area contributed by atoms with E-state index in [9.17, 15) is 4.79 Å². The molecular weight excluding hydrogens is 326 g/mol. The maximum Gasteiger partial charge on any atom is 0.173 e. The molecule has 0 amide bonds. The lowest BCUT2D eigenvalue weighted by molar-refractivity contribution is -0.165. The lowest BCUT2D eigenvalue weighted by Gasteiger charge is -2.35. The van der Waals surface area contributed by atoms with Gasteiger partial charge in [0.1, 0.15) is 0 Å². The summed E-state index contributed by atoms with van der Waals surface area (Å²) < 4.78 is 11.7. The highest BCUT2D eigenvalue weighted by Crippen LogP contribution is 2.39. The number of hydrogen-bond acceptors (Lipinski definition) is 4. The van der Waals surface area contributed by atoms with Gasteiger partial charge in [-0.3, -0.25) is 4.79 Å². The number of allylic oxidation sites excluding steroid dienone is 1. The second-order valence-corrected chi connectivity index (χ2v) is 6.69. The zero-order valence-corrected chi connectivity index (χ0v) is 16.6. The van der Waals surface area contributed by atoms with Crippen LogP contribution in [0.1, 0.15) is 71.4 Å². The number of carbonyl (C=O) groups excluding carboxylic acids is 1. The van der Waals surface area contributed by atoms with Crippen LogP contribution >= 0.6 is 0 Å². The third-order valence-electron chi connectivity index (χ3n) is 4.88. The van der Waals surface area contributed by atoms with Crippen molar-refractivity contribution in [3.05, 3.63) is 47.2 Å². The van der Waals surface area contributed by atoms with Crippen LogP contribution in [0.2, 0.25) is 0 Å². The Labute approximate surface area is 158 Å². The number of carbonyl (C=O) groups is 1. The average Bonchev–Trinajstić information content (AvgIpc) is 3.14. The van der Waals surface area contributed by atoms with Crippen molar-refractivity contribution in [2.45, 2.75) is 71.6 Å². The standard InChI is InChI=1S/C20H27NO3.C2H6/c1-3-7-19(22)17-14-20(23-12-13-24-20)11-10-18(17)21-15(2)16-8-5-4-6-9-16;1-2/h4-6,8-9,15,21H,3,7,10-14H2,1-2H3;1-2H3/t15-;/m1./s1. The molecule has 144 valence electrons. The first kappa shape index (κ1) is 20.7. The summed E-state index contributed by atoms with van der Waals surface area (Å²) >= 11 is 0. The van der Waals surface area contributed by atoms with Crippen molar-refractivity contribution in [3.63, 3.8) is 0 Å². The molecule has 0 unspecified atom stereocenters. The summed E-state index contributed by atoms with van der Waals surface area (Å²) in [6, 6.07) is 10.5. The van der Waals surface area contributed by atoms with Crippen molar-refractivity contribution < 1.29 is 14.3 Å². The molecule has 4 nitrogen and oxygen atoms in total. The van der Waals surface area contributed by atoms with Gasteiger partial charge in [0.05, 0.1) is 13.2 Å². The van der Waals surface area contributed by atoms with Gasteiger partial charge in [-0.15, -0.1) is 0 Å². The number of ether oxygens (including phenoxy) is 2. The van der Waals surface area contributed by atoms with Gasteiger partial charge in [-0.25, -0.2) is 0 Å². The van der Waals surface area contributed by atoms with E-state index in [1.807, 2.05) is 39.0 Å². The molecule has 0 radical (unpaired) electrons. The molecular formula is C22H33NO3. The van der Waals surface area contributed by atoms with E-state index in [0.29, 0.717) is 26.1 Å². The largest absolute Gasteiger partial charge is 0.381 e. The van der Waals surface area contributed by atoms with Crippen LogP contribution in [0, 0.1) is 0 Å². The van der Waals surface area contributed by atoms with Gasteiger partial charge in [-0.1, -0.05) is 51.1 Å². The van der Waals surface area contributed by atoms with Crippen LogP contribution in [0.15, 0.2) is 41.6 Å². The summed E-state index contributed by atoms with van der Waals surface area (Å²) in [6.07, 6.45) is 3.60. The number of Topliss-reactive ketones (excluding diaryl/α,β-unsaturated/α-hetero) is 1. The molecule has 26 heavy (non-hydrogen) atoms. The second kappa shape index (κ2) is 9.89. The van der Waals surface area contributed by atoms with Crippen molar-refractivity contribution in [1.29, 1.82) is 0 Å². The maximum atomic E-state index is 12.7. The zero-order chi connectivity index (χ0) is 19.0. The van der Waals surface area contributed by atoms with E-state index < -0.39 is 5.79 Å². The third-order valence-corrected chi connectivity index (χ3v) is 4.88. The van der Waals surface area contributed by atoms with Crippen LogP contribution in [-0.2, 0) is 14.3 Å². The van der Waals surface area contributed by atoms with Gasteiger partial charge in [0.2, 0.25) is 0 Å². The van der Waals surface area contributed by atoms with Gasteiger partial charge in [0.15, 0.2) is 11.6 Å². The van der Waals surface area contributed by atoms with E-state index in [2.05, 4.69) is 24.4 Å². The Hall–Kier alpha value is -1.65. The number of ketones is 1. The molecule has 0 saturated carbocycles. The van der Waals surface area contributed by atoms with Crippen LogP contribution < -0.4 is 5.32 Å². The SMILES string of the molecule is CC.CCCC(=O)C1=C(N[C@H](C)c2ccccc2)CCC2(C1)OCCO2. The van der Waals surface area contributed by atoms with Gasteiger partial charge in [-0.2, -0.15) is 0 Å². The molecule has 4 heteroatoms. The van der Waals surface area contributed by atoms with Crippen LogP contribution in [-0.4, -0.2) is 24.8 Å². The lowest BCUT2D eigenvalue weighted by atomic mass is 9.86. The van der Waals surface area contributed by atoms with Gasteiger partial charge >= 0.3 is 0 Å². The van der Waals surface area contributed by atoms with Gasteiger partial charge in [0, 0.05) is 36.6 Å². The van der Waals surface area contributed by atoms with E-state index in [0.717, 1.165) is 30.5 Å². The van der Waals surface area contributed by atoms with Gasteiger partial charge < -0.3 is 14.8 Å². The molecule has 1 atom stereocenters. The summed E-state index contributed by atoms with van der Waals surface area (Å²) in [7, 11) is 0. The quantitative estimate of drug-likeness (QED) is 0.784. The minimum Gasteiger partial charge on any atom is -0.381 e. The Morgan fingerprint density at radius 1 is 1.19 bits per heavy atom. The molecule has 2 aliphatic rings. The molecule has 1 N–H and O–H groups in total. The van der Waals surface area contributed by atoms with Crippen molar-refractivity contribution in [2.24, 2.45) is 0 Å². The zero-order valence-electron chi connectivity index (χ0n) is 16.6. The predicted molar refractivity (Wildman–Crippen MR) is 105 cm³/mol. The first-order chi connectivity index (χ1) is 12.6. The van der Waals surface area contributed by atoms with Crippen LogP contribution in [0.3, 0.4) is 0 Å². The second-order valence-electron chi connectivity index (χ2n) is 6.69. The molecule has 1 fully saturated rings. The Balaban J connectivity index is 0.00000117. The van der Waals surface area contributed by atoms with Crippen LogP contribution in [0.4, 0.5) is 0 Å². The lowest BCUT2D eigenvalue weighted by Crippen LogP contribution is -2.38. The van der Waals surface area contributed by atoms with E-state index in [1.165, 1.54) is 5.56 Å². The molecule has 1 spiro atoms. The Bertz CT molecular complexity index is 603. The third kappa shape index (κ3) is 4.95. The topological polar surface area (TPSA) is 47.6 Å². The van der Waals surface area contributed by atoms with Crippen molar-refractivity contribution in [3.8, 4) is 0 Å². The summed E-state index contributed by atoms with van der Waals surface area (Å²) in [4.78, 5) is 12.7. The molecule has 1 aliphatic carbocycles. The fraction of sp³-hybridized carbons (Fsp3) is 0.591. The van der Waals surface area contributed by atoms with E-state index in [1.54, 1.807) is 0 Å². The number of nitrogens with one attached hydrogen (secondary N) is 1. The van der Waals surface area contributed by atoms with Crippen LogP contribution in [0.5, 0.6) is 0 Å². The highest BCUT2D eigenvalue weighted by molar-refractivity contribution is 5.96. The highest BCUT2D eigenvalue weighted by atomic mass is 16.7. The summed E-state index contributed by atoms with van der Waals surface area (Å²) in [5.41, 5.74) is 3.16. The van der Waals surface area contributed by atoms with E-state index in [-0.39, 0.29) is 11.8 Å². The molecule has 1 aliphatic heterocycles. The molecule has 1 saturated heterocycles. The van der Waals surface area contributed by atoms with E-state index >= 15 is 0 Å². The minimum absolute atomic E-state index is 0.171. The molecule has 1 aromatic carbocycles. The maximum absolute atomic E-state index is 12.7. The van der Waals surface area contributed by atoms with Crippen molar-refractivity contribution >= 4 is 5.78 Å². The van der Waals surface area contributed by atoms with E-state index in [4.69, 9.17) is 9.47 Å². The number of benzene rings is 1. The number of hydrogen-bond donors (Lipinski definition) is 1. The van der Waals surface area contributed by atoms with Crippen molar-refractivity contribution in [2.75, 3.05) is 13.2 Å². The summed E-state index contributed by atoms with van der Waals surface area (Å²) in [5.74, 6) is -0.349. The van der Waals surface area contributed by atoms with Gasteiger partial charge in [0.25, 0.3) is 0 Å². The molecule has 1 aromatic rings. The highest BCUT2D eigenvalue weighted by Gasteiger charge is 2.42. The Morgan fingerprint density at radius 2 is 1.85 bits per heavy atom. The normalized spacial score (nSPS) is 19.7. The average molecular weight is 360 g/mol. The van der Waals surface area contributed by atoms with Crippen LogP contribution in [0.25, 0.3) is 0 Å². The fourth-order valence-corrected chi connectivity index (χ4v) is 3.56. The molecule has 1 heterocycles. The minimum atomic E-state index is -0.570. The Kier molecular flexibility index (Phi) is 7.85. The Morgan fingerprint density at radius 3 is 2.46 bits per heavy atom. The molecule has 3 rings (SSSR count). The summed E-state index contributed by atoms with van der Waals surface area (Å²) in [6.45, 7) is 9.42. The predicted octanol–water partition coefficient (Wildman–Crippen LogP) is 4.91. The smallest absolute Gasteiger partial charge is 0.173 e.